The molecule has 0 bridgehead atoms. The minimum absolute atomic E-state index is 0.00367. The van der Waals surface area contributed by atoms with Crippen molar-refractivity contribution in [1.29, 1.82) is 0 Å². The van der Waals surface area contributed by atoms with Gasteiger partial charge in [0.2, 0.25) is 5.91 Å². The van der Waals surface area contributed by atoms with Gasteiger partial charge in [0.1, 0.15) is 11.3 Å². The maximum absolute atomic E-state index is 12.8. The Hall–Kier alpha value is -3.35. The van der Waals surface area contributed by atoms with Crippen LogP contribution in [0.25, 0.3) is 0 Å². The number of nitrogens with one attached hydrogen (secondary N) is 1. The molecule has 2 aromatic carbocycles. The lowest BCUT2D eigenvalue weighted by atomic mass is 10.1. The van der Waals surface area contributed by atoms with Crippen LogP contribution in [0.15, 0.2) is 42.5 Å². The number of ether oxygens (including phenoxy) is 1. The minimum atomic E-state index is -0.783. The third kappa shape index (κ3) is 3.76. The maximum atomic E-state index is 12.8. The Morgan fingerprint density at radius 1 is 1.22 bits per heavy atom. The normalized spacial score (nSPS) is 16.1. The van der Waals surface area contributed by atoms with Gasteiger partial charge in [0.15, 0.2) is 6.61 Å². The smallest absolute Gasteiger partial charge is 0.342 e. The van der Waals surface area contributed by atoms with Gasteiger partial charge in [-0.15, -0.1) is 0 Å². The number of phenols is 1. The van der Waals surface area contributed by atoms with Gasteiger partial charge in [0.25, 0.3) is 5.91 Å². The topological polar surface area (TPSA) is 95.9 Å². The summed E-state index contributed by atoms with van der Waals surface area (Å²) in [6.07, 6.45) is 0.132. The number of carbonyl (C=O) groups is 3. The molecular formula is C20H20N2O5. The van der Waals surface area contributed by atoms with Gasteiger partial charge < -0.3 is 20.1 Å². The molecule has 0 radical (unpaired) electrons. The van der Waals surface area contributed by atoms with Crippen molar-refractivity contribution in [1.82, 2.24) is 0 Å². The highest BCUT2D eigenvalue weighted by molar-refractivity contribution is 6.05. The number of anilines is 2. The predicted octanol–water partition coefficient (Wildman–Crippen LogP) is 2.62. The summed E-state index contributed by atoms with van der Waals surface area (Å²) in [5, 5.41) is 12.7. The van der Waals surface area contributed by atoms with E-state index in [9.17, 15) is 19.5 Å². The quantitative estimate of drug-likeness (QED) is 0.812. The molecule has 0 spiro atoms. The molecule has 2 amide bonds. The molecule has 1 heterocycles. The van der Waals surface area contributed by atoms with Gasteiger partial charge in [-0.3, -0.25) is 9.59 Å². The molecule has 0 saturated heterocycles. The van der Waals surface area contributed by atoms with Gasteiger partial charge in [0.05, 0.1) is 11.4 Å². The summed E-state index contributed by atoms with van der Waals surface area (Å²) in [7, 11) is 0. The Balaban J connectivity index is 1.78. The third-order valence-corrected chi connectivity index (χ3v) is 4.41. The number of aromatic hydroxyl groups is 1. The Labute approximate surface area is 156 Å². The van der Waals surface area contributed by atoms with Crippen molar-refractivity contribution in [2.24, 2.45) is 0 Å². The molecule has 1 aliphatic rings. The van der Waals surface area contributed by atoms with Crippen LogP contribution >= 0.6 is 0 Å². The van der Waals surface area contributed by atoms with Gasteiger partial charge in [-0.25, -0.2) is 4.79 Å². The molecule has 7 heteroatoms. The van der Waals surface area contributed by atoms with E-state index in [4.69, 9.17) is 4.74 Å². The van der Waals surface area contributed by atoms with Crippen LogP contribution in [-0.4, -0.2) is 35.5 Å². The first-order valence-corrected chi connectivity index (χ1v) is 8.55. The lowest BCUT2D eigenvalue weighted by molar-refractivity contribution is -0.122. The number of para-hydroxylation sites is 3. The highest BCUT2D eigenvalue weighted by Crippen LogP contribution is 2.31. The molecule has 3 rings (SSSR count). The molecule has 1 aliphatic heterocycles. The zero-order valence-electron chi connectivity index (χ0n) is 15.1. The summed E-state index contributed by atoms with van der Waals surface area (Å²) < 4.78 is 5.11. The number of hydrogen-bond donors (Lipinski definition) is 2. The van der Waals surface area contributed by atoms with E-state index in [0.29, 0.717) is 16.9 Å². The fourth-order valence-electron chi connectivity index (χ4n) is 3.07. The van der Waals surface area contributed by atoms with Gasteiger partial charge >= 0.3 is 5.97 Å². The standard InChI is InChI=1S/C20H20N2O5/c1-12-6-5-7-14(19(12)25)20(26)27-11-18(24)22-13(2)10-17(23)21-15-8-3-4-9-16(15)22/h3-9,13,25H,10-11H2,1-2H3,(H,21,23)/t13-/m1/s1. The summed E-state index contributed by atoms with van der Waals surface area (Å²) in [6.45, 7) is 2.92. The van der Waals surface area contributed by atoms with Crippen molar-refractivity contribution in [2.45, 2.75) is 26.3 Å². The number of amides is 2. The maximum Gasteiger partial charge on any atom is 0.342 e. The Bertz CT molecular complexity index is 909. The summed E-state index contributed by atoms with van der Waals surface area (Å²) in [4.78, 5) is 38.4. The first kappa shape index (κ1) is 18.4. The number of benzene rings is 2. The van der Waals surface area contributed by atoms with Crippen LogP contribution in [0.3, 0.4) is 0 Å². The zero-order chi connectivity index (χ0) is 19.6. The van der Waals surface area contributed by atoms with Crippen molar-refractivity contribution in [2.75, 3.05) is 16.8 Å². The Kier molecular flexibility index (Phi) is 5.12. The zero-order valence-corrected chi connectivity index (χ0v) is 15.1. The minimum Gasteiger partial charge on any atom is -0.507 e. The highest BCUT2D eigenvalue weighted by atomic mass is 16.5. The lowest BCUT2D eigenvalue weighted by Gasteiger charge is -2.27. The number of phenolic OH excluding ortho intramolecular Hbond substituents is 1. The second kappa shape index (κ2) is 7.49. The molecule has 0 saturated carbocycles. The average Bonchev–Trinajstić information content (AvgIpc) is 2.76. The number of carbonyl (C=O) groups excluding carboxylic acids is 3. The fraction of sp³-hybridized carbons (Fsp3) is 0.250. The molecular weight excluding hydrogens is 348 g/mol. The Morgan fingerprint density at radius 2 is 1.96 bits per heavy atom. The Morgan fingerprint density at radius 3 is 2.74 bits per heavy atom. The van der Waals surface area contributed by atoms with Crippen LogP contribution in [-0.2, 0) is 14.3 Å². The number of nitrogens with zero attached hydrogens (tertiary/aromatic N) is 1. The number of fused-ring (bicyclic) bond motifs is 1. The second-order valence-electron chi connectivity index (χ2n) is 6.43. The first-order chi connectivity index (χ1) is 12.9. The van der Waals surface area contributed by atoms with E-state index < -0.39 is 24.5 Å². The largest absolute Gasteiger partial charge is 0.507 e. The SMILES string of the molecule is Cc1cccc(C(=O)OCC(=O)N2c3ccccc3NC(=O)C[C@H]2C)c1O. The number of esters is 1. The van der Waals surface area contributed by atoms with E-state index in [0.717, 1.165) is 0 Å². The van der Waals surface area contributed by atoms with Crippen molar-refractivity contribution in [3.8, 4) is 5.75 Å². The molecule has 2 aromatic rings. The highest BCUT2D eigenvalue weighted by Gasteiger charge is 2.30. The molecule has 27 heavy (non-hydrogen) atoms. The number of hydrogen-bond acceptors (Lipinski definition) is 5. The van der Waals surface area contributed by atoms with Crippen LogP contribution in [0.2, 0.25) is 0 Å². The van der Waals surface area contributed by atoms with Crippen LogP contribution in [0.4, 0.5) is 11.4 Å². The summed E-state index contributed by atoms with van der Waals surface area (Å²) in [5.74, 6) is -1.59. The van der Waals surface area contributed by atoms with Gasteiger partial charge in [-0.05, 0) is 37.6 Å². The van der Waals surface area contributed by atoms with E-state index in [1.54, 1.807) is 50.2 Å². The monoisotopic (exact) mass is 368 g/mol. The van der Waals surface area contributed by atoms with Crippen molar-refractivity contribution in [3.05, 3.63) is 53.6 Å². The van der Waals surface area contributed by atoms with E-state index in [1.165, 1.54) is 11.0 Å². The average molecular weight is 368 g/mol. The molecule has 0 fully saturated rings. The van der Waals surface area contributed by atoms with Crippen molar-refractivity contribution >= 4 is 29.2 Å². The first-order valence-electron chi connectivity index (χ1n) is 8.55. The summed E-state index contributed by atoms with van der Waals surface area (Å²) in [5.41, 5.74) is 1.62. The van der Waals surface area contributed by atoms with E-state index in [-0.39, 0.29) is 23.6 Å². The van der Waals surface area contributed by atoms with E-state index in [2.05, 4.69) is 5.32 Å². The fourth-order valence-corrected chi connectivity index (χ4v) is 3.07. The molecule has 0 aliphatic carbocycles. The number of aryl methyl sites for hydroxylation is 1. The molecule has 140 valence electrons. The van der Waals surface area contributed by atoms with E-state index in [1.807, 2.05) is 0 Å². The molecule has 0 aromatic heterocycles. The lowest BCUT2D eigenvalue weighted by Crippen LogP contribution is -2.41. The van der Waals surface area contributed by atoms with Crippen LogP contribution in [0.1, 0.15) is 29.3 Å². The summed E-state index contributed by atoms with van der Waals surface area (Å²) >= 11 is 0. The summed E-state index contributed by atoms with van der Waals surface area (Å²) in [6, 6.07) is 11.3. The van der Waals surface area contributed by atoms with E-state index >= 15 is 0 Å². The number of rotatable bonds is 3. The molecule has 1 atom stereocenters. The van der Waals surface area contributed by atoms with Crippen LogP contribution in [0.5, 0.6) is 5.75 Å². The van der Waals surface area contributed by atoms with Crippen molar-refractivity contribution < 1.29 is 24.2 Å². The molecule has 0 unspecified atom stereocenters. The molecule has 7 nitrogen and oxygen atoms in total. The van der Waals surface area contributed by atoms with Crippen molar-refractivity contribution in [3.63, 3.8) is 0 Å². The van der Waals surface area contributed by atoms with Gasteiger partial charge in [-0.1, -0.05) is 24.3 Å². The second-order valence-corrected chi connectivity index (χ2v) is 6.43. The van der Waals surface area contributed by atoms with Gasteiger partial charge in [-0.2, -0.15) is 0 Å². The molecule has 2 N–H and O–H groups in total. The van der Waals surface area contributed by atoms with Crippen LogP contribution < -0.4 is 10.2 Å². The van der Waals surface area contributed by atoms with Crippen LogP contribution in [0, 0.1) is 6.92 Å². The van der Waals surface area contributed by atoms with Gasteiger partial charge in [0, 0.05) is 12.5 Å². The predicted molar refractivity (Wildman–Crippen MR) is 99.8 cm³/mol. The third-order valence-electron chi connectivity index (χ3n) is 4.41.